The molecule has 9 nitrogen and oxygen atoms in total. The van der Waals surface area contributed by atoms with Gasteiger partial charge in [0.1, 0.15) is 12.4 Å². The number of ether oxygens (including phenoxy) is 2. The number of carbonyl (C=O) groups is 1. The maximum Gasteiger partial charge on any atom is 0.334 e. The van der Waals surface area contributed by atoms with Crippen LogP contribution in [0.3, 0.4) is 0 Å². The van der Waals surface area contributed by atoms with Crippen molar-refractivity contribution in [3.8, 4) is 0 Å². The van der Waals surface area contributed by atoms with Gasteiger partial charge >= 0.3 is 11.7 Å². The second-order valence-electron chi connectivity index (χ2n) is 4.71. The summed E-state index contributed by atoms with van der Waals surface area (Å²) in [6, 6.07) is 0. The van der Waals surface area contributed by atoms with Gasteiger partial charge in [0.2, 0.25) is 5.95 Å². The molecule has 1 aliphatic rings. The molecular formula is C12H16N4O5. The van der Waals surface area contributed by atoms with Crippen LogP contribution in [0.1, 0.15) is 12.8 Å². The zero-order valence-corrected chi connectivity index (χ0v) is 11.8. The van der Waals surface area contributed by atoms with Crippen molar-refractivity contribution in [1.29, 1.82) is 0 Å². The van der Waals surface area contributed by atoms with Crippen molar-refractivity contribution in [2.24, 2.45) is 0 Å². The summed E-state index contributed by atoms with van der Waals surface area (Å²) in [5, 5.41) is 10.6. The number of anilines is 1. The summed E-state index contributed by atoms with van der Waals surface area (Å²) in [5.74, 6) is -0.177. The number of rotatable bonds is 5. The molecule has 0 bridgehead atoms. The first-order valence-electron chi connectivity index (χ1n) is 6.36. The maximum absolute atomic E-state index is 12.2. The first kappa shape index (κ1) is 15.1. The van der Waals surface area contributed by atoms with Crippen molar-refractivity contribution in [2.45, 2.75) is 18.4 Å². The summed E-state index contributed by atoms with van der Waals surface area (Å²) in [5.41, 5.74) is -1.19. The number of methoxy groups -OCH3 is 2. The minimum Gasteiger partial charge on any atom is -0.467 e. The summed E-state index contributed by atoms with van der Waals surface area (Å²) in [4.78, 5) is 31.9. The molecule has 21 heavy (non-hydrogen) atoms. The van der Waals surface area contributed by atoms with Gasteiger partial charge in [0.05, 0.1) is 18.6 Å². The average molecular weight is 296 g/mol. The largest absolute Gasteiger partial charge is 0.467 e. The molecule has 0 N–H and O–H groups in total. The third-order valence-electron chi connectivity index (χ3n) is 3.51. The van der Waals surface area contributed by atoms with Crippen LogP contribution in [-0.4, -0.2) is 53.8 Å². The highest BCUT2D eigenvalue weighted by Crippen LogP contribution is 2.34. The molecular weight excluding hydrogens is 280 g/mol. The third kappa shape index (κ3) is 2.64. The highest BCUT2D eigenvalue weighted by molar-refractivity contribution is 5.85. The summed E-state index contributed by atoms with van der Waals surface area (Å²) in [6.45, 7) is 0.691. The van der Waals surface area contributed by atoms with E-state index >= 15 is 0 Å². The van der Waals surface area contributed by atoms with Gasteiger partial charge in [-0.05, 0) is 12.8 Å². The van der Waals surface area contributed by atoms with E-state index in [1.807, 2.05) is 0 Å². The Labute approximate surface area is 121 Å². The van der Waals surface area contributed by atoms with Crippen LogP contribution in [0.5, 0.6) is 0 Å². The fraction of sp³-hybridized carbons (Fsp3) is 0.583. The molecule has 0 radical (unpaired) electrons. The Kier molecular flexibility index (Phi) is 4.32. The lowest BCUT2D eigenvalue weighted by atomic mass is 9.97. The van der Waals surface area contributed by atoms with Gasteiger partial charge < -0.3 is 14.4 Å². The van der Waals surface area contributed by atoms with Gasteiger partial charge in [-0.1, -0.05) is 0 Å². The Bertz CT molecular complexity index is 535. The quantitative estimate of drug-likeness (QED) is 0.440. The number of nitrogens with zero attached hydrogens (tertiary/aromatic N) is 4. The standard InChI is InChI=1S/C12H16N4O5/c1-20-8-12(10(17)21-2)4-3-5-15(12)11-13-6-9(7-14-11)16(18)19/h6-7H,3-5,8H2,1-2H3. The van der Waals surface area contributed by atoms with E-state index in [9.17, 15) is 14.9 Å². The molecule has 0 saturated carbocycles. The van der Waals surface area contributed by atoms with Gasteiger partial charge in [-0.3, -0.25) is 10.1 Å². The van der Waals surface area contributed by atoms with Crippen LogP contribution in [0.15, 0.2) is 12.4 Å². The average Bonchev–Trinajstić information content (AvgIpc) is 2.91. The van der Waals surface area contributed by atoms with Gasteiger partial charge in [0.25, 0.3) is 0 Å². The van der Waals surface area contributed by atoms with Gasteiger partial charge in [0, 0.05) is 13.7 Å². The fourth-order valence-electron chi connectivity index (χ4n) is 2.57. The van der Waals surface area contributed by atoms with Crippen molar-refractivity contribution in [3.05, 3.63) is 22.5 Å². The highest BCUT2D eigenvalue weighted by atomic mass is 16.6. The molecule has 1 fully saturated rings. The van der Waals surface area contributed by atoms with Gasteiger partial charge in [-0.25, -0.2) is 14.8 Å². The Balaban J connectivity index is 2.35. The van der Waals surface area contributed by atoms with E-state index in [0.717, 1.165) is 18.8 Å². The van der Waals surface area contributed by atoms with Crippen LogP contribution in [0.25, 0.3) is 0 Å². The molecule has 0 amide bonds. The van der Waals surface area contributed by atoms with E-state index in [0.29, 0.717) is 13.0 Å². The Morgan fingerprint density at radius 2 is 2.14 bits per heavy atom. The molecule has 0 aliphatic carbocycles. The zero-order chi connectivity index (χ0) is 15.5. The molecule has 9 heteroatoms. The highest BCUT2D eigenvalue weighted by Gasteiger charge is 2.50. The second kappa shape index (κ2) is 6.00. The van der Waals surface area contributed by atoms with Crippen molar-refractivity contribution >= 4 is 17.6 Å². The molecule has 1 aromatic rings. The number of hydrogen-bond donors (Lipinski definition) is 0. The van der Waals surface area contributed by atoms with Crippen molar-refractivity contribution < 1.29 is 19.2 Å². The Morgan fingerprint density at radius 3 is 2.67 bits per heavy atom. The molecule has 1 atom stereocenters. The number of esters is 1. The first-order chi connectivity index (χ1) is 10.0. The molecule has 1 saturated heterocycles. The van der Waals surface area contributed by atoms with Crippen LogP contribution >= 0.6 is 0 Å². The molecule has 2 rings (SSSR count). The van der Waals surface area contributed by atoms with Crippen LogP contribution in [0.4, 0.5) is 11.6 Å². The van der Waals surface area contributed by atoms with Crippen molar-refractivity contribution in [2.75, 3.05) is 32.3 Å². The molecule has 0 aromatic carbocycles. The molecule has 2 heterocycles. The topological polar surface area (TPSA) is 108 Å². The first-order valence-corrected chi connectivity index (χ1v) is 6.36. The smallest absolute Gasteiger partial charge is 0.334 e. The lowest BCUT2D eigenvalue weighted by Gasteiger charge is -2.35. The lowest BCUT2D eigenvalue weighted by Crippen LogP contribution is -2.55. The normalized spacial score (nSPS) is 21.3. The molecule has 0 spiro atoms. The summed E-state index contributed by atoms with van der Waals surface area (Å²) in [7, 11) is 2.81. The summed E-state index contributed by atoms with van der Waals surface area (Å²) >= 11 is 0. The van der Waals surface area contributed by atoms with E-state index in [1.54, 1.807) is 4.90 Å². The molecule has 1 unspecified atom stereocenters. The number of carbonyl (C=O) groups excluding carboxylic acids is 1. The van der Waals surface area contributed by atoms with Gasteiger partial charge in [0.15, 0.2) is 5.54 Å². The van der Waals surface area contributed by atoms with E-state index in [-0.39, 0.29) is 18.2 Å². The Morgan fingerprint density at radius 1 is 1.48 bits per heavy atom. The van der Waals surface area contributed by atoms with Crippen molar-refractivity contribution in [1.82, 2.24) is 9.97 Å². The third-order valence-corrected chi connectivity index (χ3v) is 3.51. The summed E-state index contributed by atoms with van der Waals surface area (Å²) < 4.78 is 10.0. The van der Waals surface area contributed by atoms with Crippen molar-refractivity contribution in [3.63, 3.8) is 0 Å². The monoisotopic (exact) mass is 296 g/mol. The minimum atomic E-state index is -0.986. The van der Waals surface area contributed by atoms with E-state index in [4.69, 9.17) is 9.47 Å². The Hall–Kier alpha value is -2.29. The zero-order valence-electron chi connectivity index (χ0n) is 11.8. The van der Waals surface area contributed by atoms with Crippen LogP contribution < -0.4 is 4.90 Å². The minimum absolute atomic E-state index is 0.139. The van der Waals surface area contributed by atoms with E-state index in [1.165, 1.54) is 14.2 Å². The molecule has 114 valence electrons. The van der Waals surface area contributed by atoms with Crippen LogP contribution in [-0.2, 0) is 14.3 Å². The number of aromatic nitrogens is 2. The van der Waals surface area contributed by atoms with Crippen LogP contribution in [0.2, 0.25) is 0 Å². The maximum atomic E-state index is 12.2. The fourth-order valence-corrected chi connectivity index (χ4v) is 2.57. The van der Waals surface area contributed by atoms with Gasteiger partial charge in [-0.15, -0.1) is 0 Å². The van der Waals surface area contributed by atoms with Crippen LogP contribution in [0, 0.1) is 10.1 Å². The second-order valence-corrected chi connectivity index (χ2v) is 4.71. The van der Waals surface area contributed by atoms with E-state index < -0.39 is 16.4 Å². The lowest BCUT2D eigenvalue weighted by molar-refractivity contribution is -0.385. The van der Waals surface area contributed by atoms with Gasteiger partial charge in [-0.2, -0.15) is 0 Å². The summed E-state index contributed by atoms with van der Waals surface area (Å²) in [6.07, 6.45) is 3.54. The number of nitro groups is 1. The SMILES string of the molecule is COCC1(C(=O)OC)CCCN1c1ncc([N+](=O)[O-])cn1. The predicted molar refractivity (Wildman–Crippen MR) is 71.9 cm³/mol. The van der Waals surface area contributed by atoms with E-state index in [2.05, 4.69) is 9.97 Å². The number of hydrogen-bond acceptors (Lipinski definition) is 8. The predicted octanol–water partition coefficient (Wildman–Crippen LogP) is 0.543. The molecule has 1 aromatic heterocycles. The molecule has 1 aliphatic heterocycles.